The van der Waals surface area contributed by atoms with E-state index < -0.39 is 5.97 Å². The second kappa shape index (κ2) is 13.0. The van der Waals surface area contributed by atoms with E-state index in [1.165, 1.54) is 12.1 Å². The lowest BCUT2D eigenvalue weighted by Crippen LogP contribution is -2.30. The zero-order valence-electron chi connectivity index (χ0n) is 19.7. The van der Waals surface area contributed by atoms with Gasteiger partial charge in [0.05, 0.1) is 6.54 Å². The Balaban J connectivity index is 1.67. The van der Waals surface area contributed by atoms with E-state index in [2.05, 4.69) is 5.92 Å². The van der Waals surface area contributed by atoms with Crippen LogP contribution < -0.4 is 9.64 Å². The van der Waals surface area contributed by atoms with Crippen molar-refractivity contribution in [3.63, 3.8) is 0 Å². The smallest absolute Gasteiger partial charge is 0.345 e. The van der Waals surface area contributed by atoms with E-state index in [0.717, 1.165) is 29.5 Å². The van der Waals surface area contributed by atoms with Crippen LogP contribution in [0.2, 0.25) is 0 Å². The number of hydrogen-bond donors (Lipinski definition) is 0. The minimum atomic E-state index is -0.525. The molecule has 0 aliphatic rings. The predicted octanol–water partition coefficient (Wildman–Crippen LogP) is 5.77. The number of benzene rings is 3. The molecule has 0 unspecified atom stereocenters. The zero-order valence-corrected chi connectivity index (χ0v) is 19.7. The maximum Gasteiger partial charge on any atom is 0.345 e. The Morgan fingerprint density at radius 1 is 1.00 bits per heavy atom. The topological polar surface area (TPSA) is 55.8 Å². The molecule has 0 saturated carbocycles. The SMILES string of the molecule is C#CCOC(=O)COc1ccc(-c2ccc(CN(C(=O)CCCC)c3cccc(F)c3)cc2)cc1. The van der Waals surface area contributed by atoms with Gasteiger partial charge in [0.2, 0.25) is 5.91 Å². The highest BCUT2D eigenvalue weighted by Gasteiger charge is 2.16. The molecule has 0 N–H and O–H groups in total. The number of carbonyl (C=O) groups is 2. The first kappa shape index (κ1) is 25.5. The van der Waals surface area contributed by atoms with Crippen molar-refractivity contribution in [3.05, 3.63) is 84.2 Å². The maximum absolute atomic E-state index is 13.8. The van der Waals surface area contributed by atoms with E-state index in [-0.39, 0.29) is 24.9 Å². The van der Waals surface area contributed by atoms with Crippen LogP contribution in [0.1, 0.15) is 31.7 Å². The van der Waals surface area contributed by atoms with Crippen molar-refractivity contribution in [3.8, 4) is 29.2 Å². The number of nitrogens with zero attached hydrogens (tertiary/aromatic N) is 1. The van der Waals surface area contributed by atoms with Gasteiger partial charge in [0.25, 0.3) is 0 Å². The van der Waals surface area contributed by atoms with Crippen LogP contribution >= 0.6 is 0 Å². The Morgan fingerprint density at radius 3 is 2.31 bits per heavy atom. The van der Waals surface area contributed by atoms with Crippen molar-refractivity contribution in [2.45, 2.75) is 32.7 Å². The van der Waals surface area contributed by atoms with Gasteiger partial charge in [-0.2, -0.15) is 0 Å². The van der Waals surface area contributed by atoms with Crippen molar-refractivity contribution >= 4 is 17.6 Å². The zero-order chi connectivity index (χ0) is 25.0. The number of terminal acetylenes is 1. The number of ether oxygens (including phenoxy) is 2. The van der Waals surface area contributed by atoms with Gasteiger partial charge in [0, 0.05) is 12.1 Å². The molecule has 0 bridgehead atoms. The van der Waals surface area contributed by atoms with Gasteiger partial charge in [-0.05, 0) is 53.4 Å². The lowest BCUT2D eigenvalue weighted by molar-refractivity contribution is -0.144. The van der Waals surface area contributed by atoms with Crippen LogP contribution in [0.25, 0.3) is 11.1 Å². The molecule has 3 aromatic rings. The van der Waals surface area contributed by atoms with Crippen LogP contribution in [0.3, 0.4) is 0 Å². The molecule has 0 fully saturated rings. The fourth-order valence-electron chi connectivity index (χ4n) is 3.47. The minimum Gasteiger partial charge on any atom is -0.482 e. The summed E-state index contributed by atoms with van der Waals surface area (Å²) in [4.78, 5) is 26.0. The monoisotopic (exact) mass is 473 g/mol. The number of anilines is 1. The van der Waals surface area contributed by atoms with Crippen molar-refractivity contribution in [1.82, 2.24) is 0 Å². The van der Waals surface area contributed by atoms with Crippen molar-refractivity contribution in [2.24, 2.45) is 0 Å². The lowest BCUT2D eigenvalue weighted by atomic mass is 10.0. The molecule has 0 aliphatic carbocycles. The maximum atomic E-state index is 13.8. The van der Waals surface area contributed by atoms with Crippen molar-refractivity contribution in [2.75, 3.05) is 18.1 Å². The summed E-state index contributed by atoms with van der Waals surface area (Å²) in [5.41, 5.74) is 3.45. The molecule has 0 spiro atoms. The van der Waals surface area contributed by atoms with Crippen LogP contribution in [0.5, 0.6) is 5.75 Å². The van der Waals surface area contributed by atoms with E-state index in [1.54, 1.807) is 29.2 Å². The highest BCUT2D eigenvalue weighted by molar-refractivity contribution is 5.93. The Kier molecular flexibility index (Phi) is 9.44. The Morgan fingerprint density at radius 2 is 1.69 bits per heavy atom. The number of rotatable bonds is 11. The standard InChI is InChI=1S/C29H28FNO4/c1-3-5-9-28(32)31(26-8-6-7-25(30)19-26)20-22-10-12-23(13-11-22)24-14-16-27(17-15-24)35-21-29(33)34-18-4-2/h2,6-8,10-17,19H,3,5,9,18,20-21H2,1H3. The summed E-state index contributed by atoms with van der Waals surface area (Å²) in [6.07, 6.45) is 7.17. The van der Waals surface area contributed by atoms with E-state index in [0.29, 0.717) is 24.4 Å². The molecule has 0 radical (unpaired) electrons. The molecular formula is C29H28FNO4. The molecular weight excluding hydrogens is 445 g/mol. The van der Waals surface area contributed by atoms with Gasteiger partial charge >= 0.3 is 5.97 Å². The van der Waals surface area contributed by atoms with Crippen LogP contribution in [0.4, 0.5) is 10.1 Å². The second-order valence-corrected chi connectivity index (χ2v) is 7.94. The molecule has 3 aromatic carbocycles. The van der Waals surface area contributed by atoms with E-state index in [1.807, 2.05) is 43.3 Å². The normalized spacial score (nSPS) is 10.3. The third-order valence-electron chi connectivity index (χ3n) is 5.32. The third kappa shape index (κ3) is 7.72. The molecule has 1 amide bonds. The Hall–Kier alpha value is -4.11. The lowest BCUT2D eigenvalue weighted by Gasteiger charge is -2.23. The summed E-state index contributed by atoms with van der Waals surface area (Å²) in [5, 5.41) is 0. The van der Waals surface area contributed by atoms with Gasteiger partial charge in [-0.25, -0.2) is 9.18 Å². The molecule has 35 heavy (non-hydrogen) atoms. The summed E-state index contributed by atoms with van der Waals surface area (Å²) in [6, 6.07) is 21.3. The number of unbranched alkanes of at least 4 members (excludes halogenated alkanes) is 1. The van der Waals surface area contributed by atoms with Crippen LogP contribution in [-0.4, -0.2) is 25.1 Å². The van der Waals surface area contributed by atoms with E-state index in [4.69, 9.17) is 15.9 Å². The van der Waals surface area contributed by atoms with Gasteiger partial charge in [0.1, 0.15) is 11.6 Å². The molecule has 0 heterocycles. The summed E-state index contributed by atoms with van der Waals surface area (Å²) in [6.45, 7) is 2.10. The average Bonchev–Trinajstić information content (AvgIpc) is 2.88. The number of amides is 1. The van der Waals surface area contributed by atoms with Gasteiger partial charge < -0.3 is 14.4 Å². The fourth-order valence-corrected chi connectivity index (χ4v) is 3.47. The molecule has 6 heteroatoms. The van der Waals surface area contributed by atoms with Crippen LogP contribution in [0, 0.1) is 18.2 Å². The average molecular weight is 474 g/mol. The first-order valence-corrected chi connectivity index (χ1v) is 11.5. The minimum absolute atomic E-state index is 0.0275. The first-order valence-electron chi connectivity index (χ1n) is 11.5. The van der Waals surface area contributed by atoms with Crippen molar-refractivity contribution in [1.29, 1.82) is 0 Å². The molecule has 0 saturated heterocycles. The van der Waals surface area contributed by atoms with Gasteiger partial charge in [-0.1, -0.05) is 61.7 Å². The summed E-state index contributed by atoms with van der Waals surface area (Å²) >= 11 is 0. The number of halogens is 1. The molecule has 0 aliphatic heterocycles. The number of esters is 1. The molecule has 0 aromatic heterocycles. The fraction of sp³-hybridized carbons (Fsp3) is 0.241. The molecule has 180 valence electrons. The largest absolute Gasteiger partial charge is 0.482 e. The highest BCUT2D eigenvalue weighted by Crippen LogP contribution is 2.25. The van der Waals surface area contributed by atoms with E-state index in [9.17, 15) is 14.0 Å². The van der Waals surface area contributed by atoms with Crippen LogP contribution in [-0.2, 0) is 20.9 Å². The highest BCUT2D eigenvalue weighted by atomic mass is 19.1. The molecule has 0 atom stereocenters. The van der Waals surface area contributed by atoms with Crippen molar-refractivity contribution < 1.29 is 23.5 Å². The van der Waals surface area contributed by atoms with Gasteiger partial charge in [0.15, 0.2) is 13.2 Å². The number of hydrogen-bond acceptors (Lipinski definition) is 4. The molecule has 3 rings (SSSR count). The molecule has 5 nitrogen and oxygen atoms in total. The number of carbonyl (C=O) groups excluding carboxylic acids is 2. The van der Waals surface area contributed by atoms with Crippen LogP contribution in [0.15, 0.2) is 72.8 Å². The van der Waals surface area contributed by atoms with E-state index >= 15 is 0 Å². The second-order valence-electron chi connectivity index (χ2n) is 7.94. The summed E-state index contributed by atoms with van der Waals surface area (Å²) in [5.74, 6) is 1.84. The quantitative estimate of drug-likeness (QED) is 0.262. The van der Waals surface area contributed by atoms with Gasteiger partial charge in [-0.3, -0.25) is 4.79 Å². The first-order chi connectivity index (χ1) is 17.0. The predicted molar refractivity (Wildman–Crippen MR) is 134 cm³/mol. The summed E-state index contributed by atoms with van der Waals surface area (Å²) in [7, 11) is 0. The van der Waals surface area contributed by atoms with Gasteiger partial charge in [-0.15, -0.1) is 6.42 Å². The third-order valence-corrected chi connectivity index (χ3v) is 5.32. The Bertz CT molecular complexity index is 1170. The summed E-state index contributed by atoms with van der Waals surface area (Å²) < 4.78 is 24.0. The Labute approximate surface area is 205 Å².